The van der Waals surface area contributed by atoms with Crippen molar-refractivity contribution < 1.29 is 5.11 Å². The number of hydrogen-bond acceptors (Lipinski definition) is 4. The molecule has 0 bridgehead atoms. The van der Waals surface area contributed by atoms with Crippen molar-refractivity contribution in [3.05, 3.63) is 43.8 Å². The van der Waals surface area contributed by atoms with Crippen molar-refractivity contribution >= 4 is 43.6 Å². The second-order valence-corrected chi connectivity index (χ2v) is 7.43. The van der Waals surface area contributed by atoms with E-state index in [1.54, 1.807) is 22.7 Å². The number of fused-ring (bicyclic) bond motifs is 1. The van der Waals surface area contributed by atoms with Crippen LogP contribution in [0.1, 0.15) is 22.2 Å². The van der Waals surface area contributed by atoms with Crippen molar-refractivity contribution in [3.63, 3.8) is 0 Å². The quantitative estimate of drug-likeness (QED) is 0.785. The summed E-state index contributed by atoms with van der Waals surface area (Å²) in [6.45, 7) is 2.03. The zero-order chi connectivity index (χ0) is 12.7. The molecule has 3 aromatic heterocycles. The Kier molecular flexibility index (Phi) is 3.27. The van der Waals surface area contributed by atoms with Gasteiger partial charge in [0.05, 0.1) is 15.6 Å². The molecule has 0 fully saturated rings. The van der Waals surface area contributed by atoms with Gasteiger partial charge in [-0.25, -0.2) is 4.98 Å². The first kappa shape index (κ1) is 12.3. The van der Waals surface area contributed by atoms with E-state index in [2.05, 4.69) is 20.9 Å². The minimum Gasteiger partial charge on any atom is -0.387 e. The Labute approximate surface area is 121 Å². The summed E-state index contributed by atoms with van der Waals surface area (Å²) in [4.78, 5) is 6.44. The van der Waals surface area contributed by atoms with Crippen molar-refractivity contribution in [2.45, 2.75) is 19.4 Å². The molecule has 6 heteroatoms. The van der Waals surface area contributed by atoms with E-state index in [9.17, 15) is 5.11 Å². The zero-order valence-corrected chi connectivity index (χ0v) is 12.8. The van der Waals surface area contributed by atoms with Crippen LogP contribution in [-0.2, 0) is 6.42 Å². The lowest BCUT2D eigenvalue weighted by Gasteiger charge is -2.05. The molecule has 0 aromatic carbocycles. The van der Waals surface area contributed by atoms with E-state index in [-0.39, 0.29) is 0 Å². The fourth-order valence-electron chi connectivity index (χ4n) is 1.82. The highest BCUT2D eigenvalue weighted by molar-refractivity contribution is 9.11. The summed E-state index contributed by atoms with van der Waals surface area (Å²) in [7, 11) is 0. The van der Waals surface area contributed by atoms with Crippen LogP contribution in [0.2, 0.25) is 0 Å². The third kappa shape index (κ3) is 2.25. The van der Waals surface area contributed by atoms with Crippen LogP contribution in [0, 0.1) is 6.92 Å². The molecule has 0 radical (unpaired) electrons. The monoisotopic (exact) mass is 342 g/mol. The molecule has 94 valence electrons. The average molecular weight is 343 g/mol. The highest BCUT2D eigenvalue weighted by Gasteiger charge is 2.15. The van der Waals surface area contributed by atoms with Crippen molar-refractivity contribution in [3.8, 4) is 0 Å². The maximum absolute atomic E-state index is 10.2. The van der Waals surface area contributed by atoms with E-state index in [1.165, 1.54) is 5.56 Å². The number of imidazole rings is 1. The van der Waals surface area contributed by atoms with E-state index in [0.29, 0.717) is 6.42 Å². The first-order valence-electron chi connectivity index (χ1n) is 5.48. The molecule has 3 heterocycles. The van der Waals surface area contributed by atoms with Crippen LogP contribution in [0.4, 0.5) is 0 Å². The predicted molar refractivity (Wildman–Crippen MR) is 78.5 cm³/mol. The van der Waals surface area contributed by atoms with E-state index in [4.69, 9.17) is 0 Å². The largest absolute Gasteiger partial charge is 0.387 e. The van der Waals surface area contributed by atoms with E-state index in [0.717, 1.165) is 19.3 Å². The third-order valence-electron chi connectivity index (χ3n) is 2.75. The molecule has 3 rings (SSSR count). The van der Waals surface area contributed by atoms with Gasteiger partial charge in [0, 0.05) is 29.1 Å². The van der Waals surface area contributed by atoms with Crippen LogP contribution >= 0.6 is 38.6 Å². The van der Waals surface area contributed by atoms with Crippen LogP contribution < -0.4 is 0 Å². The van der Waals surface area contributed by atoms with E-state index >= 15 is 0 Å². The lowest BCUT2D eigenvalue weighted by Crippen LogP contribution is -1.99. The number of rotatable bonds is 3. The van der Waals surface area contributed by atoms with Gasteiger partial charge in [0.25, 0.3) is 0 Å². The van der Waals surface area contributed by atoms with Crippen LogP contribution in [0.15, 0.2) is 27.6 Å². The molecule has 0 saturated heterocycles. The van der Waals surface area contributed by atoms with Crippen molar-refractivity contribution in [2.24, 2.45) is 0 Å². The lowest BCUT2D eigenvalue weighted by molar-refractivity contribution is 0.181. The zero-order valence-electron chi connectivity index (χ0n) is 9.63. The number of hydrogen-bond donors (Lipinski definition) is 1. The molecule has 0 spiro atoms. The molecule has 18 heavy (non-hydrogen) atoms. The molecule has 0 aliphatic rings. The Bertz CT molecular complexity index is 637. The Balaban J connectivity index is 1.81. The number of thiazole rings is 1. The molecule has 3 nitrogen and oxygen atoms in total. The fourth-order valence-corrected chi connectivity index (χ4v) is 4.10. The number of aryl methyl sites for hydroxylation is 1. The maximum atomic E-state index is 10.2. The molecule has 1 unspecified atom stereocenters. The predicted octanol–water partition coefficient (Wildman–Crippen LogP) is 3.80. The van der Waals surface area contributed by atoms with Gasteiger partial charge in [0.2, 0.25) is 0 Å². The Morgan fingerprint density at radius 3 is 3.06 bits per heavy atom. The van der Waals surface area contributed by atoms with Crippen molar-refractivity contribution in [1.82, 2.24) is 9.38 Å². The van der Waals surface area contributed by atoms with Crippen LogP contribution in [0.25, 0.3) is 4.96 Å². The summed E-state index contributed by atoms with van der Waals surface area (Å²) in [5.41, 5.74) is 2.09. The van der Waals surface area contributed by atoms with Crippen molar-refractivity contribution in [2.75, 3.05) is 0 Å². The van der Waals surface area contributed by atoms with Crippen molar-refractivity contribution in [1.29, 1.82) is 0 Å². The van der Waals surface area contributed by atoms with E-state index < -0.39 is 6.10 Å². The van der Waals surface area contributed by atoms with E-state index in [1.807, 2.05) is 35.2 Å². The molecular formula is C12H11BrN2OS2. The Hall–Kier alpha value is -0.690. The van der Waals surface area contributed by atoms with Gasteiger partial charge in [-0.15, -0.1) is 22.7 Å². The molecule has 0 aliphatic heterocycles. The number of aliphatic hydroxyl groups excluding tert-OH is 1. The normalized spacial score (nSPS) is 13.3. The smallest absolute Gasteiger partial charge is 0.193 e. The first-order chi connectivity index (χ1) is 8.63. The highest BCUT2D eigenvalue weighted by atomic mass is 79.9. The molecular weight excluding hydrogens is 332 g/mol. The van der Waals surface area contributed by atoms with Gasteiger partial charge >= 0.3 is 0 Å². The summed E-state index contributed by atoms with van der Waals surface area (Å²) in [5, 5.41) is 12.2. The summed E-state index contributed by atoms with van der Waals surface area (Å²) >= 11 is 6.67. The van der Waals surface area contributed by atoms with Gasteiger partial charge < -0.3 is 5.11 Å². The number of thiophene rings is 1. The molecule has 0 saturated carbocycles. The SMILES string of the molecule is Cc1cc(C(O)Cc2cn3ccsc3n2)sc1Br. The van der Waals surface area contributed by atoms with Gasteiger partial charge in [0.15, 0.2) is 4.96 Å². The molecule has 1 N–H and O–H groups in total. The highest BCUT2D eigenvalue weighted by Crippen LogP contribution is 2.32. The molecule has 0 aliphatic carbocycles. The number of nitrogens with zero attached hydrogens (tertiary/aromatic N) is 2. The maximum Gasteiger partial charge on any atom is 0.193 e. The van der Waals surface area contributed by atoms with Gasteiger partial charge in [-0.05, 0) is 34.5 Å². The van der Waals surface area contributed by atoms with Gasteiger partial charge in [-0.3, -0.25) is 4.40 Å². The molecule has 0 amide bonds. The molecule has 1 atom stereocenters. The standard InChI is InChI=1S/C12H11BrN2OS2/c1-7-4-10(18-11(7)13)9(16)5-8-6-15-2-3-17-12(15)14-8/h2-4,6,9,16H,5H2,1H3. The number of aromatic nitrogens is 2. The second kappa shape index (κ2) is 4.77. The average Bonchev–Trinajstić information content (AvgIpc) is 2.95. The summed E-state index contributed by atoms with van der Waals surface area (Å²) in [6.07, 6.45) is 4.03. The Morgan fingerprint density at radius 1 is 1.56 bits per heavy atom. The minimum atomic E-state index is -0.482. The summed E-state index contributed by atoms with van der Waals surface area (Å²) < 4.78 is 3.07. The van der Waals surface area contributed by atoms with Gasteiger partial charge in [-0.2, -0.15) is 0 Å². The second-order valence-electron chi connectivity index (χ2n) is 4.15. The lowest BCUT2D eigenvalue weighted by atomic mass is 10.1. The number of halogens is 1. The third-order valence-corrected chi connectivity index (χ3v) is 5.76. The number of aliphatic hydroxyl groups is 1. The fraction of sp³-hybridized carbons (Fsp3) is 0.250. The van der Waals surface area contributed by atoms with Crippen LogP contribution in [-0.4, -0.2) is 14.5 Å². The minimum absolute atomic E-state index is 0.482. The van der Waals surface area contributed by atoms with Gasteiger partial charge in [0.1, 0.15) is 0 Å². The summed E-state index contributed by atoms with van der Waals surface area (Å²) in [5.74, 6) is 0. The van der Waals surface area contributed by atoms with Crippen LogP contribution in [0.5, 0.6) is 0 Å². The van der Waals surface area contributed by atoms with Gasteiger partial charge in [-0.1, -0.05) is 0 Å². The first-order valence-corrected chi connectivity index (χ1v) is 7.97. The molecule has 3 aromatic rings. The topological polar surface area (TPSA) is 37.5 Å². The van der Waals surface area contributed by atoms with Crippen LogP contribution in [0.3, 0.4) is 0 Å². The Morgan fingerprint density at radius 2 is 2.39 bits per heavy atom. The summed E-state index contributed by atoms with van der Waals surface area (Å²) in [6, 6.07) is 2.03.